The number of benzene rings is 1. The lowest BCUT2D eigenvalue weighted by molar-refractivity contribution is 0.0854. The predicted octanol–water partition coefficient (Wildman–Crippen LogP) is 3.88. The van der Waals surface area contributed by atoms with Gasteiger partial charge in [-0.1, -0.05) is 29.3 Å². The summed E-state index contributed by atoms with van der Waals surface area (Å²) in [6, 6.07) is 5.01. The van der Waals surface area contributed by atoms with Crippen LogP contribution in [0.25, 0.3) is 0 Å². The molecule has 0 atom stereocenters. The van der Waals surface area contributed by atoms with Crippen LogP contribution in [0.1, 0.15) is 29.6 Å². The van der Waals surface area contributed by atoms with Gasteiger partial charge in [0.25, 0.3) is 5.91 Å². The summed E-state index contributed by atoms with van der Waals surface area (Å²) < 4.78 is 0. The quantitative estimate of drug-likeness (QED) is 0.842. The van der Waals surface area contributed by atoms with E-state index >= 15 is 0 Å². The summed E-state index contributed by atoms with van der Waals surface area (Å²) in [7, 11) is 0. The first-order valence-corrected chi connectivity index (χ1v) is 6.69. The van der Waals surface area contributed by atoms with Gasteiger partial charge in [0, 0.05) is 5.88 Å². The molecule has 1 aromatic rings. The second-order valence-corrected chi connectivity index (χ2v) is 5.40. The zero-order valence-electron chi connectivity index (χ0n) is 9.10. The molecule has 1 aliphatic rings. The minimum absolute atomic E-state index is 0.249. The van der Waals surface area contributed by atoms with E-state index in [1.807, 2.05) is 0 Å². The van der Waals surface area contributed by atoms with Crippen LogP contribution < -0.4 is 5.32 Å². The smallest absolute Gasteiger partial charge is 0.254 e. The average molecular weight is 293 g/mol. The molecule has 1 fully saturated rings. The summed E-state index contributed by atoms with van der Waals surface area (Å²) in [5, 5.41) is 3.66. The standard InChI is InChI=1S/C12H12Cl3NO/c13-7-12(5-2-6-12)16-11(17)10-8(14)3-1-4-9(10)15/h1,3-4H,2,5-7H2,(H,16,17). The molecule has 0 saturated heterocycles. The van der Waals surface area contributed by atoms with Gasteiger partial charge in [-0.3, -0.25) is 4.79 Å². The Morgan fingerprint density at radius 2 is 1.88 bits per heavy atom. The minimum atomic E-state index is -0.277. The third kappa shape index (κ3) is 2.54. The van der Waals surface area contributed by atoms with Gasteiger partial charge in [0.1, 0.15) is 0 Å². The Morgan fingerprint density at radius 1 is 1.29 bits per heavy atom. The number of rotatable bonds is 3. The van der Waals surface area contributed by atoms with Gasteiger partial charge < -0.3 is 5.32 Å². The van der Waals surface area contributed by atoms with Crippen molar-refractivity contribution in [3.05, 3.63) is 33.8 Å². The number of alkyl halides is 1. The van der Waals surface area contributed by atoms with Crippen LogP contribution in [-0.4, -0.2) is 17.3 Å². The Labute approximate surface area is 115 Å². The zero-order chi connectivity index (χ0) is 12.5. The van der Waals surface area contributed by atoms with E-state index in [4.69, 9.17) is 34.8 Å². The van der Waals surface area contributed by atoms with Crippen LogP contribution in [0.2, 0.25) is 10.0 Å². The predicted molar refractivity (Wildman–Crippen MR) is 71.2 cm³/mol. The van der Waals surface area contributed by atoms with Gasteiger partial charge in [-0.25, -0.2) is 0 Å². The number of hydrogen-bond donors (Lipinski definition) is 1. The monoisotopic (exact) mass is 291 g/mol. The van der Waals surface area contributed by atoms with E-state index in [9.17, 15) is 4.79 Å². The highest BCUT2D eigenvalue weighted by atomic mass is 35.5. The van der Waals surface area contributed by atoms with Crippen LogP contribution in [0.15, 0.2) is 18.2 Å². The molecular formula is C12H12Cl3NO. The number of amides is 1. The van der Waals surface area contributed by atoms with Crippen molar-refractivity contribution in [2.45, 2.75) is 24.8 Å². The van der Waals surface area contributed by atoms with Crippen molar-refractivity contribution >= 4 is 40.7 Å². The van der Waals surface area contributed by atoms with Crippen LogP contribution in [0, 0.1) is 0 Å². The van der Waals surface area contributed by atoms with Gasteiger partial charge in [0.15, 0.2) is 0 Å². The van der Waals surface area contributed by atoms with E-state index in [0.29, 0.717) is 21.5 Å². The Hall–Kier alpha value is -0.440. The van der Waals surface area contributed by atoms with Crippen molar-refractivity contribution in [2.24, 2.45) is 0 Å². The first kappa shape index (κ1) is 13.0. The summed E-state index contributed by atoms with van der Waals surface area (Å²) in [4.78, 5) is 12.1. The van der Waals surface area contributed by atoms with E-state index in [1.165, 1.54) is 0 Å². The highest BCUT2D eigenvalue weighted by molar-refractivity contribution is 6.39. The van der Waals surface area contributed by atoms with Gasteiger partial charge in [0.05, 0.1) is 21.1 Å². The number of carbonyl (C=O) groups is 1. The molecule has 1 amide bonds. The summed E-state index contributed by atoms with van der Waals surface area (Å²) in [6.45, 7) is 0. The molecule has 0 heterocycles. The zero-order valence-corrected chi connectivity index (χ0v) is 11.4. The van der Waals surface area contributed by atoms with E-state index < -0.39 is 0 Å². The fourth-order valence-corrected chi connectivity index (χ4v) is 2.82. The van der Waals surface area contributed by atoms with Crippen molar-refractivity contribution in [1.29, 1.82) is 0 Å². The van der Waals surface area contributed by atoms with E-state index in [-0.39, 0.29) is 11.4 Å². The Morgan fingerprint density at radius 3 is 2.29 bits per heavy atom. The maximum absolute atomic E-state index is 12.1. The summed E-state index contributed by atoms with van der Waals surface area (Å²) in [6.07, 6.45) is 2.90. The number of carbonyl (C=O) groups excluding carboxylic acids is 1. The molecule has 0 aromatic heterocycles. The molecule has 0 bridgehead atoms. The second-order valence-electron chi connectivity index (χ2n) is 4.32. The number of halogens is 3. The van der Waals surface area contributed by atoms with Crippen molar-refractivity contribution in [3.63, 3.8) is 0 Å². The van der Waals surface area contributed by atoms with Crippen LogP contribution in [0.3, 0.4) is 0 Å². The molecule has 0 radical (unpaired) electrons. The Balaban J connectivity index is 2.20. The first-order valence-electron chi connectivity index (χ1n) is 5.40. The lowest BCUT2D eigenvalue weighted by Gasteiger charge is -2.41. The van der Waals surface area contributed by atoms with Gasteiger partial charge in [-0.2, -0.15) is 0 Å². The van der Waals surface area contributed by atoms with Crippen LogP contribution in [0.5, 0.6) is 0 Å². The highest BCUT2D eigenvalue weighted by Gasteiger charge is 2.38. The van der Waals surface area contributed by atoms with Crippen LogP contribution in [-0.2, 0) is 0 Å². The van der Waals surface area contributed by atoms with Crippen molar-refractivity contribution in [3.8, 4) is 0 Å². The third-order valence-corrected chi connectivity index (χ3v) is 4.28. The lowest BCUT2D eigenvalue weighted by Crippen LogP contribution is -2.55. The molecule has 2 rings (SSSR count). The molecule has 1 saturated carbocycles. The SMILES string of the molecule is O=C(NC1(CCl)CCC1)c1c(Cl)cccc1Cl. The first-order chi connectivity index (χ1) is 8.08. The average Bonchev–Trinajstić information content (AvgIpc) is 2.23. The Bertz CT molecular complexity index is 418. The normalized spacial score (nSPS) is 17.4. The fourth-order valence-electron chi connectivity index (χ4n) is 1.91. The second kappa shape index (κ2) is 5.05. The summed E-state index contributed by atoms with van der Waals surface area (Å²) >= 11 is 17.8. The fraction of sp³-hybridized carbons (Fsp3) is 0.417. The van der Waals surface area contributed by atoms with Crippen LogP contribution in [0.4, 0.5) is 0 Å². The molecule has 92 valence electrons. The molecule has 1 N–H and O–H groups in total. The number of hydrogen-bond acceptors (Lipinski definition) is 1. The molecule has 1 aromatic carbocycles. The highest BCUT2D eigenvalue weighted by Crippen LogP contribution is 2.34. The van der Waals surface area contributed by atoms with E-state index in [2.05, 4.69) is 5.32 Å². The minimum Gasteiger partial charge on any atom is -0.345 e. The number of nitrogens with one attached hydrogen (secondary N) is 1. The van der Waals surface area contributed by atoms with Gasteiger partial charge >= 0.3 is 0 Å². The Kier molecular flexibility index (Phi) is 3.86. The van der Waals surface area contributed by atoms with Crippen molar-refractivity contribution in [1.82, 2.24) is 5.32 Å². The van der Waals surface area contributed by atoms with E-state index in [1.54, 1.807) is 18.2 Å². The maximum Gasteiger partial charge on any atom is 0.254 e. The molecule has 5 heteroatoms. The third-order valence-electron chi connectivity index (χ3n) is 3.13. The van der Waals surface area contributed by atoms with Crippen molar-refractivity contribution in [2.75, 3.05) is 5.88 Å². The maximum atomic E-state index is 12.1. The molecule has 17 heavy (non-hydrogen) atoms. The molecule has 0 aliphatic heterocycles. The molecule has 0 unspecified atom stereocenters. The molecule has 0 spiro atoms. The largest absolute Gasteiger partial charge is 0.345 e. The summed E-state index contributed by atoms with van der Waals surface area (Å²) in [5.41, 5.74) is 0.0495. The van der Waals surface area contributed by atoms with Crippen LogP contribution >= 0.6 is 34.8 Å². The molecule has 2 nitrogen and oxygen atoms in total. The van der Waals surface area contributed by atoms with Gasteiger partial charge in [-0.05, 0) is 31.4 Å². The topological polar surface area (TPSA) is 29.1 Å². The summed E-state index contributed by atoms with van der Waals surface area (Å²) in [5.74, 6) is 0.168. The van der Waals surface area contributed by atoms with Gasteiger partial charge in [0.2, 0.25) is 0 Å². The molecular weight excluding hydrogens is 280 g/mol. The van der Waals surface area contributed by atoms with Gasteiger partial charge in [-0.15, -0.1) is 11.6 Å². The molecule has 1 aliphatic carbocycles. The van der Waals surface area contributed by atoms with Crippen molar-refractivity contribution < 1.29 is 4.79 Å². The van der Waals surface area contributed by atoms with E-state index in [0.717, 1.165) is 19.3 Å². The lowest BCUT2D eigenvalue weighted by atomic mass is 9.78.